The second kappa shape index (κ2) is 6.53. The van der Waals surface area contributed by atoms with Crippen LogP contribution in [0.15, 0.2) is 29.4 Å². The van der Waals surface area contributed by atoms with Gasteiger partial charge in [0.15, 0.2) is 5.16 Å². The van der Waals surface area contributed by atoms with Gasteiger partial charge in [-0.05, 0) is 12.1 Å². The molecule has 0 spiro atoms. The van der Waals surface area contributed by atoms with Crippen LogP contribution >= 0.6 is 11.8 Å². The summed E-state index contributed by atoms with van der Waals surface area (Å²) < 4.78 is 0. The molecule has 0 unspecified atom stereocenters. The first-order valence-corrected chi connectivity index (χ1v) is 6.76. The second-order valence-corrected chi connectivity index (χ2v) is 4.77. The summed E-state index contributed by atoms with van der Waals surface area (Å²) in [7, 11) is 0. The molecule has 0 aliphatic rings. The van der Waals surface area contributed by atoms with Gasteiger partial charge in [0, 0.05) is 0 Å². The molecule has 0 atom stereocenters. The van der Waals surface area contributed by atoms with Crippen molar-refractivity contribution in [2.75, 3.05) is 22.5 Å². The summed E-state index contributed by atoms with van der Waals surface area (Å²) in [6.07, 6.45) is 0. The number of para-hydroxylation sites is 1. The Kier molecular flexibility index (Phi) is 4.53. The Balaban J connectivity index is 1.98. The molecule has 0 aliphatic heterocycles. The lowest BCUT2D eigenvalue weighted by atomic mass is 10.2. The van der Waals surface area contributed by atoms with Gasteiger partial charge in [-0.1, -0.05) is 23.9 Å². The third-order valence-electron chi connectivity index (χ3n) is 2.30. The van der Waals surface area contributed by atoms with Gasteiger partial charge >= 0.3 is 0 Å². The first-order chi connectivity index (χ1) is 10.1. The molecule has 0 aliphatic carbocycles. The van der Waals surface area contributed by atoms with E-state index in [2.05, 4.69) is 20.3 Å². The van der Waals surface area contributed by atoms with Gasteiger partial charge in [0.1, 0.15) is 6.07 Å². The minimum atomic E-state index is -0.291. The maximum Gasteiger partial charge on any atom is 0.234 e. The van der Waals surface area contributed by atoms with Crippen molar-refractivity contribution in [2.24, 2.45) is 0 Å². The summed E-state index contributed by atoms with van der Waals surface area (Å²) in [5, 5.41) is 11.9. The van der Waals surface area contributed by atoms with Crippen LogP contribution < -0.4 is 16.8 Å². The SMILES string of the molecule is N#Cc1ccccc1NC(=O)CSc1nc(N)nc(N)n1. The van der Waals surface area contributed by atoms with Gasteiger partial charge in [-0.2, -0.15) is 20.2 Å². The number of thioether (sulfide) groups is 1. The van der Waals surface area contributed by atoms with E-state index in [0.717, 1.165) is 11.8 Å². The van der Waals surface area contributed by atoms with E-state index in [0.29, 0.717) is 11.3 Å². The average Bonchev–Trinajstić information content (AvgIpc) is 2.45. The number of nitrogens with one attached hydrogen (secondary N) is 1. The first-order valence-electron chi connectivity index (χ1n) is 5.77. The van der Waals surface area contributed by atoms with Crippen LogP contribution in [0.25, 0.3) is 0 Å². The fraction of sp³-hybridized carbons (Fsp3) is 0.0833. The number of hydrogen-bond donors (Lipinski definition) is 3. The normalized spacial score (nSPS) is 9.86. The van der Waals surface area contributed by atoms with Gasteiger partial charge in [-0.15, -0.1) is 0 Å². The minimum Gasteiger partial charge on any atom is -0.368 e. The number of carbonyl (C=O) groups is 1. The fourth-order valence-corrected chi connectivity index (χ4v) is 2.11. The number of rotatable bonds is 4. The van der Waals surface area contributed by atoms with Crippen LogP contribution in [0.4, 0.5) is 17.6 Å². The summed E-state index contributed by atoms with van der Waals surface area (Å²) in [4.78, 5) is 23.2. The zero-order valence-electron chi connectivity index (χ0n) is 10.8. The van der Waals surface area contributed by atoms with Gasteiger partial charge < -0.3 is 16.8 Å². The van der Waals surface area contributed by atoms with E-state index >= 15 is 0 Å². The van der Waals surface area contributed by atoms with Gasteiger partial charge in [-0.25, -0.2) is 0 Å². The van der Waals surface area contributed by atoms with E-state index < -0.39 is 0 Å². The number of nitriles is 1. The molecule has 8 nitrogen and oxygen atoms in total. The highest BCUT2D eigenvalue weighted by atomic mass is 32.2. The van der Waals surface area contributed by atoms with Crippen molar-refractivity contribution in [3.8, 4) is 6.07 Å². The predicted octanol–water partition coefficient (Wildman–Crippen LogP) is 0.638. The zero-order valence-corrected chi connectivity index (χ0v) is 11.6. The lowest BCUT2D eigenvalue weighted by molar-refractivity contribution is -0.113. The van der Waals surface area contributed by atoms with Crippen LogP contribution in [0, 0.1) is 11.3 Å². The highest BCUT2D eigenvalue weighted by molar-refractivity contribution is 7.99. The van der Waals surface area contributed by atoms with Crippen LogP contribution in [0.2, 0.25) is 0 Å². The molecular weight excluding hydrogens is 290 g/mol. The van der Waals surface area contributed by atoms with E-state index in [1.807, 2.05) is 6.07 Å². The lowest BCUT2D eigenvalue weighted by Gasteiger charge is -2.06. The van der Waals surface area contributed by atoms with E-state index in [9.17, 15) is 4.79 Å². The number of nitrogen functional groups attached to an aromatic ring is 2. The molecule has 2 rings (SSSR count). The number of hydrogen-bond acceptors (Lipinski definition) is 8. The van der Waals surface area contributed by atoms with Crippen molar-refractivity contribution in [3.63, 3.8) is 0 Å². The number of anilines is 3. The van der Waals surface area contributed by atoms with E-state index in [-0.39, 0.29) is 28.7 Å². The molecular formula is C12H11N7OS. The number of nitrogens with zero attached hydrogens (tertiary/aromatic N) is 4. The minimum absolute atomic E-state index is 0.000217. The van der Waals surface area contributed by atoms with E-state index in [1.165, 1.54) is 0 Å². The Morgan fingerprint density at radius 1 is 1.24 bits per heavy atom. The van der Waals surface area contributed by atoms with Crippen molar-refractivity contribution in [1.82, 2.24) is 15.0 Å². The van der Waals surface area contributed by atoms with Crippen molar-refractivity contribution in [1.29, 1.82) is 5.26 Å². The van der Waals surface area contributed by atoms with Crippen molar-refractivity contribution in [2.45, 2.75) is 5.16 Å². The smallest absolute Gasteiger partial charge is 0.234 e. The quantitative estimate of drug-likeness (QED) is 0.698. The lowest BCUT2D eigenvalue weighted by Crippen LogP contribution is -2.15. The fourth-order valence-electron chi connectivity index (χ4n) is 1.46. The molecule has 1 aromatic carbocycles. The summed E-state index contributed by atoms with van der Waals surface area (Å²) >= 11 is 1.07. The van der Waals surface area contributed by atoms with Crippen molar-refractivity contribution < 1.29 is 4.79 Å². The maximum absolute atomic E-state index is 11.8. The van der Waals surface area contributed by atoms with Crippen LogP contribution in [0.3, 0.4) is 0 Å². The van der Waals surface area contributed by atoms with Gasteiger partial charge in [0.05, 0.1) is 17.0 Å². The summed E-state index contributed by atoms with van der Waals surface area (Å²) in [5.41, 5.74) is 11.7. The number of amides is 1. The summed E-state index contributed by atoms with van der Waals surface area (Å²) in [5.74, 6) is -0.233. The third-order valence-corrected chi connectivity index (χ3v) is 3.15. The first kappa shape index (κ1) is 14.5. The van der Waals surface area contributed by atoms with Gasteiger partial charge in [0.2, 0.25) is 17.8 Å². The molecule has 0 saturated carbocycles. The molecule has 1 heterocycles. The van der Waals surface area contributed by atoms with E-state index in [1.54, 1.807) is 24.3 Å². The second-order valence-electron chi connectivity index (χ2n) is 3.83. The molecule has 21 heavy (non-hydrogen) atoms. The predicted molar refractivity (Wildman–Crippen MR) is 79.2 cm³/mol. The molecule has 106 valence electrons. The number of carbonyl (C=O) groups excluding carboxylic acids is 1. The Morgan fingerprint density at radius 2 is 1.90 bits per heavy atom. The maximum atomic E-state index is 11.8. The number of nitrogens with two attached hydrogens (primary N) is 2. The van der Waals surface area contributed by atoms with Crippen molar-refractivity contribution in [3.05, 3.63) is 29.8 Å². The summed E-state index contributed by atoms with van der Waals surface area (Å²) in [6.45, 7) is 0. The molecule has 2 aromatic rings. The molecule has 1 aromatic heterocycles. The van der Waals surface area contributed by atoms with Gasteiger partial charge in [-0.3, -0.25) is 4.79 Å². The van der Waals surface area contributed by atoms with Crippen LogP contribution in [0.5, 0.6) is 0 Å². The van der Waals surface area contributed by atoms with Crippen LogP contribution in [0.1, 0.15) is 5.56 Å². The molecule has 0 saturated heterocycles. The molecule has 0 radical (unpaired) electrons. The Morgan fingerprint density at radius 3 is 2.57 bits per heavy atom. The molecule has 0 bridgehead atoms. The summed E-state index contributed by atoms with van der Waals surface area (Å²) in [6, 6.07) is 8.73. The largest absolute Gasteiger partial charge is 0.368 e. The number of aromatic nitrogens is 3. The standard InChI is InChI=1S/C12H11N7OS/c13-5-7-3-1-2-4-8(7)16-9(20)6-21-12-18-10(14)17-11(15)19-12/h1-4H,6H2,(H,16,20)(H4,14,15,17,18,19). The zero-order chi connectivity index (χ0) is 15.2. The van der Waals surface area contributed by atoms with Gasteiger partial charge in [0.25, 0.3) is 0 Å². The molecule has 9 heteroatoms. The Labute approximate surface area is 124 Å². The average molecular weight is 301 g/mol. The Bertz CT molecular complexity index is 693. The molecule has 1 amide bonds. The highest BCUT2D eigenvalue weighted by Gasteiger charge is 2.09. The Hall–Kier alpha value is -2.86. The molecule has 0 fully saturated rings. The van der Waals surface area contributed by atoms with Crippen molar-refractivity contribution >= 4 is 35.3 Å². The van der Waals surface area contributed by atoms with Crippen LogP contribution in [-0.4, -0.2) is 26.6 Å². The number of benzene rings is 1. The third kappa shape index (κ3) is 4.05. The molecule has 5 N–H and O–H groups in total. The highest BCUT2D eigenvalue weighted by Crippen LogP contribution is 2.17. The van der Waals surface area contributed by atoms with E-state index in [4.69, 9.17) is 16.7 Å². The van der Waals surface area contributed by atoms with Crippen LogP contribution in [-0.2, 0) is 4.79 Å². The topological polar surface area (TPSA) is 144 Å². The monoisotopic (exact) mass is 301 g/mol.